The van der Waals surface area contributed by atoms with Crippen LogP contribution in [0.15, 0.2) is 174 Å². The van der Waals surface area contributed by atoms with E-state index in [1.54, 1.807) is 0 Å². The summed E-state index contributed by atoms with van der Waals surface area (Å²) in [5.74, 6) is 1.79. The Bertz CT molecular complexity index is 3100. The molecule has 0 spiro atoms. The number of benzene rings is 7. The molecule has 3 heterocycles. The van der Waals surface area contributed by atoms with E-state index in [4.69, 9.17) is 19.4 Å². The van der Waals surface area contributed by atoms with E-state index in [1.165, 1.54) is 33.4 Å². The van der Waals surface area contributed by atoms with E-state index >= 15 is 0 Å². The lowest BCUT2D eigenvalue weighted by Gasteiger charge is -2.23. The minimum absolute atomic E-state index is 0.224. The third-order valence-electron chi connectivity index (χ3n) is 11.4. The van der Waals surface area contributed by atoms with Crippen LogP contribution in [0.4, 0.5) is 0 Å². The Morgan fingerprint density at radius 1 is 0.411 bits per heavy atom. The van der Waals surface area contributed by atoms with Gasteiger partial charge in [-0.1, -0.05) is 135 Å². The molecule has 0 saturated carbocycles. The Hall–Kier alpha value is -7.24. The van der Waals surface area contributed by atoms with Crippen LogP contribution < -0.4 is 0 Å². The first-order chi connectivity index (χ1) is 27.5. The van der Waals surface area contributed by atoms with Crippen LogP contribution in [0.25, 0.3) is 100 Å². The number of nitrogens with zero attached hydrogens (tertiary/aromatic N) is 4. The molecule has 0 radical (unpaired) electrons. The zero-order valence-corrected chi connectivity index (χ0v) is 30.9. The molecule has 0 fully saturated rings. The predicted octanol–water partition coefficient (Wildman–Crippen LogP) is 13.0. The maximum Gasteiger partial charge on any atom is 0.167 e. The fourth-order valence-corrected chi connectivity index (χ4v) is 8.52. The van der Waals surface area contributed by atoms with E-state index in [2.05, 4.69) is 104 Å². The second-order valence-electron chi connectivity index (χ2n) is 15.1. The average Bonchev–Trinajstić information content (AvgIpc) is 3.74. The maximum atomic E-state index is 6.64. The molecule has 56 heavy (non-hydrogen) atoms. The summed E-state index contributed by atoms with van der Waals surface area (Å²) in [6.07, 6.45) is 1.91. The van der Waals surface area contributed by atoms with Gasteiger partial charge in [0.2, 0.25) is 0 Å². The monoisotopic (exact) mass is 718 g/mol. The van der Waals surface area contributed by atoms with E-state index < -0.39 is 0 Å². The molecule has 0 N–H and O–H groups in total. The summed E-state index contributed by atoms with van der Waals surface area (Å²) in [5.41, 5.74) is 14.8. The molecular formula is C51H34N4O. The lowest BCUT2D eigenvalue weighted by Crippen LogP contribution is -2.15. The van der Waals surface area contributed by atoms with Crippen molar-refractivity contribution in [3.05, 3.63) is 181 Å². The molecule has 0 bridgehead atoms. The van der Waals surface area contributed by atoms with Crippen LogP contribution >= 0.6 is 0 Å². The van der Waals surface area contributed by atoms with E-state index in [9.17, 15) is 0 Å². The number of pyridine rings is 1. The Morgan fingerprint density at radius 3 is 1.71 bits per heavy atom. The quantitative estimate of drug-likeness (QED) is 0.177. The molecular weight excluding hydrogens is 685 g/mol. The van der Waals surface area contributed by atoms with E-state index in [-0.39, 0.29) is 5.41 Å². The van der Waals surface area contributed by atoms with Crippen LogP contribution in [-0.2, 0) is 5.41 Å². The van der Waals surface area contributed by atoms with Crippen molar-refractivity contribution in [2.75, 3.05) is 0 Å². The van der Waals surface area contributed by atoms with Crippen LogP contribution in [0.5, 0.6) is 0 Å². The lowest BCUT2D eigenvalue weighted by atomic mass is 9.80. The molecule has 0 amide bonds. The molecule has 0 aliphatic heterocycles. The van der Waals surface area contributed by atoms with Gasteiger partial charge in [0.05, 0.1) is 11.1 Å². The van der Waals surface area contributed by atoms with Gasteiger partial charge in [-0.05, 0) is 87.0 Å². The van der Waals surface area contributed by atoms with E-state index in [0.29, 0.717) is 17.5 Å². The van der Waals surface area contributed by atoms with Crippen molar-refractivity contribution >= 4 is 32.8 Å². The highest BCUT2D eigenvalue weighted by atomic mass is 16.3. The molecule has 0 atom stereocenters. The minimum atomic E-state index is -0.224. The first-order valence-corrected chi connectivity index (χ1v) is 19.0. The average molecular weight is 719 g/mol. The number of fused-ring (bicyclic) bond motifs is 7. The summed E-state index contributed by atoms with van der Waals surface area (Å²) in [6.45, 7) is 4.68. The molecule has 11 rings (SSSR count). The standard InChI is InChI=1S/C51H34N4O/c1-51(2)43-29-33(21-23-37(43)38-24-22-34(30-44(38)51)36-25-26-52-45-19-11-9-17-39(36)45)35-27-41-40-18-10-12-20-46(40)56-47(41)42(28-35)50-54-48(31-13-5-3-6-14-31)53-49(55-50)32-15-7-4-8-16-32/h3-30H,1-2H3. The second kappa shape index (κ2) is 12.4. The first-order valence-electron chi connectivity index (χ1n) is 19.0. The van der Waals surface area contributed by atoms with Gasteiger partial charge in [-0.15, -0.1) is 0 Å². The Morgan fingerprint density at radius 2 is 1.00 bits per heavy atom. The SMILES string of the molecule is CC1(C)c2cc(-c3cc(-c4nc(-c5ccccc5)nc(-c5ccccc5)n4)c4oc5ccccc5c4c3)ccc2-c2ccc(-c3ccnc4ccccc34)cc21. The molecule has 0 saturated heterocycles. The summed E-state index contributed by atoms with van der Waals surface area (Å²) in [6, 6.07) is 57.2. The number of aromatic nitrogens is 4. The third kappa shape index (κ3) is 5.09. The molecule has 1 aliphatic rings. The molecule has 1 aliphatic carbocycles. The van der Waals surface area contributed by atoms with Gasteiger partial charge in [0.1, 0.15) is 11.2 Å². The summed E-state index contributed by atoms with van der Waals surface area (Å²) in [7, 11) is 0. The molecule has 10 aromatic rings. The minimum Gasteiger partial charge on any atom is -0.455 e. The maximum absolute atomic E-state index is 6.64. The number of furan rings is 1. The van der Waals surface area contributed by atoms with Crippen LogP contribution in [-0.4, -0.2) is 19.9 Å². The van der Waals surface area contributed by atoms with Crippen molar-refractivity contribution in [1.29, 1.82) is 0 Å². The predicted molar refractivity (Wildman–Crippen MR) is 227 cm³/mol. The van der Waals surface area contributed by atoms with Crippen molar-refractivity contribution in [3.63, 3.8) is 0 Å². The van der Waals surface area contributed by atoms with Gasteiger partial charge >= 0.3 is 0 Å². The van der Waals surface area contributed by atoms with Gasteiger partial charge in [0.25, 0.3) is 0 Å². The van der Waals surface area contributed by atoms with Gasteiger partial charge in [-0.2, -0.15) is 0 Å². The number of hydrogen-bond donors (Lipinski definition) is 0. The van der Waals surface area contributed by atoms with Crippen LogP contribution in [0.2, 0.25) is 0 Å². The highest BCUT2D eigenvalue weighted by Gasteiger charge is 2.36. The smallest absolute Gasteiger partial charge is 0.167 e. The zero-order chi connectivity index (χ0) is 37.4. The van der Waals surface area contributed by atoms with Crippen molar-refractivity contribution in [1.82, 2.24) is 19.9 Å². The van der Waals surface area contributed by atoms with Gasteiger partial charge in [0, 0.05) is 38.9 Å². The van der Waals surface area contributed by atoms with Gasteiger partial charge in [-0.25, -0.2) is 15.0 Å². The Labute approximate surface area is 324 Å². The lowest BCUT2D eigenvalue weighted by molar-refractivity contribution is 0.661. The van der Waals surface area contributed by atoms with Gasteiger partial charge in [0.15, 0.2) is 17.5 Å². The van der Waals surface area contributed by atoms with Crippen LogP contribution in [0.1, 0.15) is 25.0 Å². The van der Waals surface area contributed by atoms with E-state index in [1.807, 2.05) is 85.1 Å². The fraction of sp³-hybridized carbons (Fsp3) is 0.0588. The highest BCUT2D eigenvalue weighted by Crippen LogP contribution is 2.51. The molecule has 0 unspecified atom stereocenters. The molecule has 5 heteroatoms. The van der Waals surface area contributed by atoms with Crippen molar-refractivity contribution in [2.45, 2.75) is 19.3 Å². The van der Waals surface area contributed by atoms with Gasteiger partial charge < -0.3 is 4.42 Å². The molecule has 264 valence electrons. The highest BCUT2D eigenvalue weighted by molar-refractivity contribution is 6.11. The molecule has 7 aromatic carbocycles. The summed E-state index contributed by atoms with van der Waals surface area (Å²) >= 11 is 0. The molecule has 3 aromatic heterocycles. The first kappa shape index (κ1) is 32.2. The fourth-order valence-electron chi connectivity index (χ4n) is 8.52. The topological polar surface area (TPSA) is 64.7 Å². The van der Waals surface area contributed by atoms with Crippen LogP contribution in [0, 0.1) is 0 Å². The largest absolute Gasteiger partial charge is 0.455 e. The van der Waals surface area contributed by atoms with Gasteiger partial charge in [-0.3, -0.25) is 4.98 Å². The third-order valence-corrected chi connectivity index (χ3v) is 11.4. The van der Waals surface area contributed by atoms with E-state index in [0.717, 1.165) is 60.7 Å². The zero-order valence-electron chi connectivity index (χ0n) is 30.9. The summed E-state index contributed by atoms with van der Waals surface area (Å²) in [4.78, 5) is 19.8. The number of para-hydroxylation sites is 2. The summed E-state index contributed by atoms with van der Waals surface area (Å²) < 4.78 is 6.64. The summed E-state index contributed by atoms with van der Waals surface area (Å²) in [5, 5.41) is 3.23. The number of hydrogen-bond acceptors (Lipinski definition) is 5. The molecule has 5 nitrogen and oxygen atoms in total. The second-order valence-corrected chi connectivity index (χ2v) is 15.1. The van der Waals surface area contributed by atoms with Crippen molar-refractivity contribution in [3.8, 4) is 67.5 Å². The van der Waals surface area contributed by atoms with Crippen LogP contribution in [0.3, 0.4) is 0 Å². The number of rotatable bonds is 5. The normalized spacial score (nSPS) is 13.0. The Balaban J connectivity index is 1.08. The Kier molecular flexibility index (Phi) is 7.13. The van der Waals surface area contributed by atoms with Crippen molar-refractivity contribution in [2.24, 2.45) is 0 Å². The van der Waals surface area contributed by atoms with Crippen molar-refractivity contribution < 1.29 is 4.42 Å².